The van der Waals surface area contributed by atoms with E-state index in [4.69, 9.17) is 15.7 Å². The van der Waals surface area contributed by atoms with Crippen molar-refractivity contribution in [1.29, 1.82) is 5.26 Å². The highest BCUT2D eigenvalue weighted by molar-refractivity contribution is 5.84. The largest absolute Gasteiger partial charge is 0.491 e. The van der Waals surface area contributed by atoms with E-state index in [1.807, 2.05) is 44.2 Å². The molecule has 1 aromatic heterocycles. The summed E-state index contributed by atoms with van der Waals surface area (Å²) in [4.78, 5) is 4.53. The number of ether oxygens (including phenoxy) is 1. The molecule has 110 valence electrons. The molecule has 0 aliphatic carbocycles. The minimum absolute atomic E-state index is 0.537. The highest BCUT2D eigenvalue weighted by Crippen LogP contribution is 2.24. The van der Waals surface area contributed by atoms with Crippen molar-refractivity contribution in [2.75, 3.05) is 6.61 Å². The van der Waals surface area contributed by atoms with E-state index in [-0.39, 0.29) is 0 Å². The second kappa shape index (κ2) is 6.55. The fourth-order valence-corrected chi connectivity index (χ4v) is 2.22. The van der Waals surface area contributed by atoms with Crippen LogP contribution in [0, 0.1) is 18.3 Å². The smallest absolute Gasteiger partial charge is 0.145 e. The predicted molar refractivity (Wildman–Crippen MR) is 84.0 cm³/mol. The van der Waals surface area contributed by atoms with Crippen molar-refractivity contribution in [3.05, 3.63) is 36.0 Å². The molecule has 1 aromatic carbocycles. The van der Waals surface area contributed by atoms with Crippen LogP contribution < -0.4 is 10.5 Å². The van der Waals surface area contributed by atoms with Gasteiger partial charge in [-0.3, -0.25) is 0 Å². The SMILES string of the molecule is CCC(N)(C#N)CCCOc1cccc2ccc(C)nc12. The molecule has 0 saturated heterocycles. The molecule has 0 amide bonds. The van der Waals surface area contributed by atoms with Gasteiger partial charge in [-0.05, 0) is 38.3 Å². The summed E-state index contributed by atoms with van der Waals surface area (Å²) in [5.74, 6) is 0.785. The minimum atomic E-state index is -0.739. The average Bonchev–Trinajstić information content (AvgIpc) is 2.51. The number of nitrogens with two attached hydrogens (primary N) is 1. The lowest BCUT2D eigenvalue weighted by Gasteiger charge is -2.19. The molecule has 2 rings (SSSR count). The van der Waals surface area contributed by atoms with Crippen molar-refractivity contribution < 1.29 is 4.74 Å². The molecule has 4 nitrogen and oxygen atoms in total. The number of para-hydroxylation sites is 1. The topological polar surface area (TPSA) is 71.9 Å². The van der Waals surface area contributed by atoms with E-state index in [0.717, 1.165) is 28.8 Å². The normalized spacial score (nSPS) is 13.6. The van der Waals surface area contributed by atoms with Gasteiger partial charge in [-0.15, -0.1) is 0 Å². The lowest BCUT2D eigenvalue weighted by atomic mass is 9.94. The van der Waals surface area contributed by atoms with E-state index < -0.39 is 5.54 Å². The number of fused-ring (bicyclic) bond motifs is 1. The Balaban J connectivity index is 2.01. The molecular formula is C17H21N3O. The summed E-state index contributed by atoms with van der Waals surface area (Å²) < 4.78 is 5.83. The van der Waals surface area contributed by atoms with Crippen LogP contribution in [0.25, 0.3) is 10.9 Å². The van der Waals surface area contributed by atoms with Crippen molar-refractivity contribution in [3.63, 3.8) is 0 Å². The van der Waals surface area contributed by atoms with Gasteiger partial charge in [-0.2, -0.15) is 5.26 Å². The number of hydrogen-bond donors (Lipinski definition) is 1. The van der Waals surface area contributed by atoms with E-state index in [2.05, 4.69) is 11.1 Å². The third-order valence-corrected chi connectivity index (χ3v) is 3.70. The highest BCUT2D eigenvalue weighted by Gasteiger charge is 2.21. The monoisotopic (exact) mass is 283 g/mol. The van der Waals surface area contributed by atoms with Gasteiger partial charge >= 0.3 is 0 Å². The number of nitrogens with zero attached hydrogens (tertiary/aromatic N) is 2. The zero-order chi connectivity index (χ0) is 15.3. The summed E-state index contributed by atoms with van der Waals surface area (Å²) in [6, 6.07) is 12.1. The molecule has 2 N–H and O–H groups in total. The fourth-order valence-electron chi connectivity index (χ4n) is 2.22. The second-order valence-corrected chi connectivity index (χ2v) is 5.35. The van der Waals surface area contributed by atoms with E-state index in [1.54, 1.807) is 0 Å². The molecule has 4 heteroatoms. The molecular weight excluding hydrogens is 262 g/mol. The molecule has 1 unspecified atom stereocenters. The van der Waals surface area contributed by atoms with Crippen LogP contribution in [-0.2, 0) is 0 Å². The summed E-state index contributed by atoms with van der Waals surface area (Å²) in [5.41, 5.74) is 7.07. The predicted octanol–water partition coefficient (Wildman–Crippen LogP) is 3.33. The molecule has 0 radical (unpaired) electrons. The summed E-state index contributed by atoms with van der Waals surface area (Å²) in [5, 5.41) is 10.1. The Labute approximate surface area is 125 Å². The van der Waals surface area contributed by atoms with Crippen molar-refractivity contribution in [2.45, 2.75) is 38.6 Å². The van der Waals surface area contributed by atoms with Gasteiger partial charge in [0.05, 0.1) is 12.7 Å². The molecule has 2 aromatic rings. The average molecular weight is 283 g/mol. The first-order valence-electron chi connectivity index (χ1n) is 7.27. The van der Waals surface area contributed by atoms with Crippen LogP contribution in [0.2, 0.25) is 0 Å². The van der Waals surface area contributed by atoms with Gasteiger partial charge in [-0.25, -0.2) is 4.98 Å². The summed E-state index contributed by atoms with van der Waals surface area (Å²) >= 11 is 0. The van der Waals surface area contributed by atoms with Gasteiger partial charge in [0.15, 0.2) is 0 Å². The van der Waals surface area contributed by atoms with Crippen molar-refractivity contribution in [3.8, 4) is 11.8 Å². The van der Waals surface area contributed by atoms with Crippen molar-refractivity contribution in [2.24, 2.45) is 5.73 Å². The fraction of sp³-hybridized carbons (Fsp3) is 0.412. The van der Waals surface area contributed by atoms with Gasteiger partial charge in [0.1, 0.15) is 16.8 Å². The first kappa shape index (κ1) is 15.3. The molecule has 0 spiro atoms. The molecule has 0 bridgehead atoms. The Bertz CT molecular complexity index is 663. The van der Waals surface area contributed by atoms with Crippen LogP contribution in [0.15, 0.2) is 30.3 Å². The Morgan fingerprint density at radius 1 is 1.33 bits per heavy atom. The number of nitriles is 1. The maximum atomic E-state index is 9.05. The molecule has 0 fully saturated rings. The summed E-state index contributed by atoms with van der Waals surface area (Å²) in [6.07, 6.45) is 2.04. The van der Waals surface area contributed by atoms with Crippen LogP contribution in [0.3, 0.4) is 0 Å². The Morgan fingerprint density at radius 3 is 2.86 bits per heavy atom. The minimum Gasteiger partial charge on any atom is -0.491 e. The van der Waals surface area contributed by atoms with Crippen LogP contribution >= 0.6 is 0 Å². The van der Waals surface area contributed by atoms with Gasteiger partial charge in [0.2, 0.25) is 0 Å². The standard InChI is InChI=1S/C17H21N3O/c1-3-17(19,12-18)10-5-11-21-15-7-4-6-14-9-8-13(2)20-16(14)15/h4,6-9H,3,5,10-11,19H2,1-2H3. The molecule has 1 heterocycles. The lowest BCUT2D eigenvalue weighted by Crippen LogP contribution is -2.37. The number of hydrogen-bond acceptors (Lipinski definition) is 4. The van der Waals surface area contributed by atoms with E-state index >= 15 is 0 Å². The van der Waals surface area contributed by atoms with Gasteiger partial charge in [0, 0.05) is 11.1 Å². The van der Waals surface area contributed by atoms with Crippen LogP contribution in [0.4, 0.5) is 0 Å². The van der Waals surface area contributed by atoms with E-state index in [1.165, 1.54) is 0 Å². The lowest BCUT2D eigenvalue weighted by molar-refractivity contribution is 0.294. The maximum absolute atomic E-state index is 9.05. The van der Waals surface area contributed by atoms with E-state index in [0.29, 0.717) is 19.4 Å². The zero-order valence-corrected chi connectivity index (χ0v) is 12.6. The molecule has 1 atom stereocenters. The number of rotatable bonds is 6. The first-order valence-corrected chi connectivity index (χ1v) is 7.27. The first-order chi connectivity index (χ1) is 10.1. The molecule has 0 aliphatic heterocycles. The van der Waals surface area contributed by atoms with Crippen LogP contribution in [-0.4, -0.2) is 17.1 Å². The second-order valence-electron chi connectivity index (χ2n) is 5.35. The molecule has 21 heavy (non-hydrogen) atoms. The Morgan fingerprint density at radius 2 is 2.14 bits per heavy atom. The van der Waals surface area contributed by atoms with Crippen LogP contribution in [0.5, 0.6) is 5.75 Å². The van der Waals surface area contributed by atoms with Crippen molar-refractivity contribution >= 4 is 10.9 Å². The quantitative estimate of drug-likeness (QED) is 0.825. The molecule has 0 saturated carbocycles. The summed E-state index contributed by atoms with van der Waals surface area (Å²) in [6.45, 7) is 4.43. The van der Waals surface area contributed by atoms with Gasteiger partial charge in [0.25, 0.3) is 0 Å². The number of benzene rings is 1. The zero-order valence-electron chi connectivity index (χ0n) is 12.6. The maximum Gasteiger partial charge on any atom is 0.145 e. The number of aryl methyl sites for hydroxylation is 1. The van der Waals surface area contributed by atoms with Crippen molar-refractivity contribution in [1.82, 2.24) is 4.98 Å². The van der Waals surface area contributed by atoms with Gasteiger partial charge in [-0.1, -0.05) is 25.1 Å². The van der Waals surface area contributed by atoms with Crippen LogP contribution in [0.1, 0.15) is 31.9 Å². The number of aromatic nitrogens is 1. The Kier molecular flexibility index (Phi) is 4.77. The van der Waals surface area contributed by atoms with Gasteiger partial charge < -0.3 is 10.5 Å². The van der Waals surface area contributed by atoms with E-state index in [9.17, 15) is 0 Å². The highest BCUT2D eigenvalue weighted by atomic mass is 16.5. The third kappa shape index (κ3) is 3.71. The Hall–Kier alpha value is -2.12. The third-order valence-electron chi connectivity index (χ3n) is 3.70. The molecule has 0 aliphatic rings. The summed E-state index contributed by atoms with van der Waals surface area (Å²) in [7, 11) is 0. The number of pyridine rings is 1.